The molecule has 0 amide bonds. The summed E-state index contributed by atoms with van der Waals surface area (Å²) in [7, 11) is 1.70. The number of halogens is 3. The monoisotopic (exact) mass is 430 g/mol. The van der Waals surface area contributed by atoms with E-state index in [9.17, 15) is 0 Å². The molecule has 0 saturated heterocycles. The molecule has 112 valence electrons. The number of rotatable bonds is 4. The molecule has 0 aliphatic rings. The van der Waals surface area contributed by atoms with Crippen LogP contribution in [0.3, 0.4) is 0 Å². The highest BCUT2D eigenvalue weighted by atomic mass is 79.9. The van der Waals surface area contributed by atoms with Crippen LogP contribution < -0.4 is 4.74 Å². The highest BCUT2D eigenvalue weighted by Gasteiger charge is 2.20. The Hall–Kier alpha value is -0.510. The van der Waals surface area contributed by atoms with Crippen molar-refractivity contribution in [3.05, 3.63) is 61.5 Å². The van der Waals surface area contributed by atoms with Crippen molar-refractivity contribution in [2.75, 3.05) is 7.11 Å². The highest BCUT2D eigenvalue weighted by molar-refractivity contribution is 9.10. The Balaban J connectivity index is 2.41. The van der Waals surface area contributed by atoms with Gasteiger partial charge < -0.3 is 4.74 Å². The molecule has 0 aliphatic carbocycles. The molecule has 2 rings (SSSR count). The van der Waals surface area contributed by atoms with Gasteiger partial charge in [0.2, 0.25) is 0 Å². The molecule has 1 atom stereocenters. The van der Waals surface area contributed by atoms with Gasteiger partial charge in [-0.3, -0.25) is 0 Å². The number of hydrogen-bond acceptors (Lipinski definition) is 1. The molecule has 2 aromatic carbocycles. The summed E-state index contributed by atoms with van der Waals surface area (Å²) in [6.07, 6.45) is 0.758. The smallest absolute Gasteiger partial charge is 0.126 e. The summed E-state index contributed by atoms with van der Waals surface area (Å²) in [6.45, 7) is 4.10. The molecule has 2 aromatic rings. The number of ether oxygens (including phenoxy) is 1. The van der Waals surface area contributed by atoms with E-state index in [4.69, 9.17) is 16.3 Å². The van der Waals surface area contributed by atoms with Crippen molar-refractivity contribution in [1.82, 2.24) is 0 Å². The molecule has 0 heterocycles. The van der Waals surface area contributed by atoms with Crippen LogP contribution >= 0.6 is 43.5 Å². The summed E-state index contributed by atoms with van der Waals surface area (Å²) in [5.41, 5.74) is 4.48. The van der Waals surface area contributed by atoms with E-state index in [1.807, 2.05) is 19.1 Å². The minimum atomic E-state index is -0.134. The summed E-state index contributed by atoms with van der Waals surface area (Å²) < 4.78 is 7.71. The molecular formula is C17H17Br2ClO. The van der Waals surface area contributed by atoms with E-state index in [2.05, 4.69) is 57.0 Å². The normalized spacial score (nSPS) is 12.3. The Labute approximate surface area is 147 Å². The summed E-state index contributed by atoms with van der Waals surface area (Å²) in [5, 5.41) is -0.134. The summed E-state index contributed by atoms with van der Waals surface area (Å²) in [5.74, 6) is 0.880. The van der Waals surface area contributed by atoms with Gasteiger partial charge in [-0.05, 0) is 55.2 Å². The van der Waals surface area contributed by atoms with Gasteiger partial charge in [-0.15, -0.1) is 11.6 Å². The largest absolute Gasteiger partial charge is 0.496 e. The van der Waals surface area contributed by atoms with E-state index < -0.39 is 0 Å². The number of methoxy groups -OCH3 is 1. The van der Waals surface area contributed by atoms with Crippen molar-refractivity contribution < 1.29 is 4.74 Å². The van der Waals surface area contributed by atoms with Crippen molar-refractivity contribution in [3.8, 4) is 5.75 Å². The molecule has 1 nitrogen and oxygen atoms in total. The lowest BCUT2D eigenvalue weighted by Crippen LogP contribution is -2.04. The summed E-state index contributed by atoms with van der Waals surface area (Å²) in [6, 6.07) is 10.3. The zero-order valence-electron chi connectivity index (χ0n) is 12.2. The van der Waals surface area contributed by atoms with Crippen LogP contribution in [0.2, 0.25) is 0 Å². The average Bonchev–Trinajstić information content (AvgIpc) is 2.42. The van der Waals surface area contributed by atoms with Gasteiger partial charge in [0.15, 0.2) is 0 Å². The Bertz CT molecular complexity index is 655. The predicted octanol–water partition coefficient (Wildman–Crippen LogP) is 6.36. The summed E-state index contributed by atoms with van der Waals surface area (Å²) in [4.78, 5) is 0. The van der Waals surface area contributed by atoms with Gasteiger partial charge >= 0.3 is 0 Å². The molecule has 0 aliphatic heterocycles. The van der Waals surface area contributed by atoms with Crippen molar-refractivity contribution in [2.45, 2.75) is 25.6 Å². The lowest BCUT2D eigenvalue weighted by atomic mass is 9.97. The second kappa shape index (κ2) is 7.17. The third-order valence-corrected chi connectivity index (χ3v) is 5.22. The van der Waals surface area contributed by atoms with Gasteiger partial charge in [0.1, 0.15) is 5.75 Å². The molecule has 0 aromatic heterocycles. The van der Waals surface area contributed by atoms with Gasteiger partial charge in [0.05, 0.1) is 12.5 Å². The SMILES string of the molecule is COc1c(C)cc(Br)c(C)c1C(Cl)Cc1cccc(Br)c1. The minimum Gasteiger partial charge on any atom is -0.496 e. The van der Waals surface area contributed by atoms with Crippen LogP contribution in [0.25, 0.3) is 0 Å². The van der Waals surface area contributed by atoms with E-state index in [0.717, 1.165) is 37.8 Å². The quantitative estimate of drug-likeness (QED) is 0.511. The second-order valence-electron chi connectivity index (χ2n) is 5.05. The van der Waals surface area contributed by atoms with Gasteiger partial charge in [-0.2, -0.15) is 0 Å². The lowest BCUT2D eigenvalue weighted by molar-refractivity contribution is 0.405. The van der Waals surface area contributed by atoms with Crippen LogP contribution in [0.4, 0.5) is 0 Å². The Morgan fingerprint density at radius 2 is 1.90 bits per heavy atom. The topological polar surface area (TPSA) is 9.23 Å². The zero-order chi connectivity index (χ0) is 15.6. The predicted molar refractivity (Wildman–Crippen MR) is 96.6 cm³/mol. The van der Waals surface area contributed by atoms with Gasteiger partial charge in [-0.1, -0.05) is 44.0 Å². The molecule has 1 unspecified atom stereocenters. The fraction of sp³-hybridized carbons (Fsp3) is 0.294. The van der Waals surface area contributed by atoms with Crippen molar-refractivity contribution in [1.29, 1.82) is 0 Å². The van der Waals surface area contributed by atoms with Crippen LogP contribution in [0.5, 0.6) is 5.75 Å². The van der Waals surface area contributed by atoms with E-state index >= 15 is 0 Å². The first-order chi connectivity index (χ1) is 9.93. The maximum absolute atomic E-state index is 6.71. The van der Waals surface area contributed by atoms with Gasteiger partial charge in [0.25, 0.3) is 0 Å². The van der Waals surface area contributed by atoms with Gasteiger partial charge in [0, 0.05) is 14.5 Å². The number of hydrogen-bond donors (Lipinski definition) is 0. The molecule has 21 heavy (non-hydrogen) atoms. The number of aryl methyl sites for hydroxylation is 1. The van der Waals surface area contributed by atoms with E-state index in [1.54, 1.807) is 7.11 Å². The Morgan fingerprint density at radius 3 is 2.52 bits per heavy atom. The number of benzene rings is 2. The molecular weight excluding hydrogens is 415 g/mol. The van der Waals surface area contributed by atoms with E-state index in [1.165, 1.54) is 5.56 Å². The van der Waals surface area contributed by atoms with E-state index in [-0.39, 0.29) is 5.38 Å². The Morgan fingerprint density at radius 1 is 1.19 bits per heavy atom. The minimum absolute atomic E-state index is 0.134. The average molecular weight is 433 g/mol. The van der Waals surface area contributed by atoms with E-state index in [0.29, 0.717) is 0 Å². The molecule has 4 heteroatoms. The lowest BCUT2D eigenvalue weighted by Gasteiger charge is -2.20. The van der Waals surface area contributed by atoms with Crippen molar-refractivity contribution in [3.63, 3.8) is 0 Å². The van der Waals surface area contributed by atoms with Crippen LogP contribution in [0.1, 0.15) is 27.6 Å². The summed E-state index contributed by atoms with van der Waals surface area (Å²) >= 11 is 13.8. The molecule has 0 bridgehead atoms. The molecule has 0 spiro atoms. The standard InChI is InChI=1S/C17H17Br2ClO/c1-10-7-14(19)11(2)16(17(10)21-3)15(20)9-12-5-4-6-13(18)8-12/h4-8,15H,9H2,1-3H3. The zero-order valence-corrected chi connectivity index (χ0v) is 16.1. The molecule has 0 fully saturated rings. The van der Waals surface area contributed by atoms with Crippen LogP contribution in [-0.2, 0) is 6.42 Å². The fourth-order valence-electron chi connectivity index (χ4n) is 2.50. The third-order valence-electron chi connectivity index (χ3n) is 3.53. The number of alkyl halides is 1. The maximum Gasteiger partial charge on any atom is 0.126 e. The van der Waals surface area contributed by atoms with Crippen LogP contribution in [0, 0.1) is 13.8 Å². The molecule has 0 saturated carbocycles. The van der Waals surface area contributed by atoms with Crippen LogP contribution in [-0.4, -0.2) is 7.11 Å². The first kappa shape index (κ1) is 16.9. The van der Waals surface area contributed by atoms with Crippen molar-refractivity contribution in [2.24, 2.45) is 0 Å². The van der Waals surface area contributed by atoms with Gasteiger partial charge in [-0.25, -0.2) is 0 Å². The Kier molecular flexibility index (Phi) is 5.75. The first-order valence-electron chi connectivity index (χ1n) is 6.66. The first-order valence-corrected chi connectivity index (χ1v) is 8.68. The van der Waals surface area contributed by atoms with Crippen LogP contribution in [0.15, 0.2) is 39.3 Å². The van der Waals surface area contributed by atoms with Crippen molar-refractivity contribution >= 4 is 43.5 Å². The second-order valence-corrected chi connectivity index (χ2v) is 7.35. The highest BCUT2D eigenvalue weighted by Crippen LogP contribution is 2.40. The molecule has 0 N–H and O–H groups in total. The maximum atomic E-state index is 6.71. The fourth-order valence-corrected chi connectivity index (χ4v) is 3.94. The third kappa shape index (κ3) is 3.82. The molecule has 0 radical (unpaired) electrons.